The summed E-state index contributed by atoms with van der Waals surface area (Å²) in [7, 11) is 0. The molecule has 3 amide bonds. The number of rotatable bonds is 9. The van der Waals surface area contributed by atoms with E-state index in [2.05, 4.69) is 29.6 Å². The van der Waals surface area contributed by atoms with E-state index in [9.17, 15) is 32.3 Å². The van der Waals surface area contributed by atoms with Crippen molar-refractivity contribution in [2.24, 2.45) is 11.8 Å². The van der Waals surface area contributed by atoms with Crippen LogP contribution in [0.4, 0.5) is 18.9 Å². The monoisotopic (exact) mass is 590 g/mol. The molecule has 1 N–H and O–H groups in total. The van der Waals surface area contributed by atoms with E-state index in [1.165, 1.54) is 17.0 Å². The highest BCUT2D eigenvalue weighted by molar-refractivity contribution is 6.07. The van der Waals surface area contributed by atoms with Crippen molar-refractivity contribution in [1.29, 1.82) is 0 Å². The number of unbranched alkanes of at least 4 members (excludes halogenated alkanes) is 2. The van der Waals surface area contributed by atoms with Crippen LogP contribution in [0.2, 0.25) is 0 Å². The summed E-state index contributed by atoms with van der Waals surface area (Å²) in [6.07, 6.45) is -3.00. The van der Waals surface area contributed by atoms with E-state index in [-0.39, 0.29) is 42.3 Å². The number of esters is 1. The molecule has 10 heteroatoms. The fourth-order valence-corrected chi connectivity index (χ4v) is 6.86. The summed E-state index contributed by atoms with van der Waals surface area (Å²) in [5.41, 5.74) is 3.54. The van der Waals surface area contributed by atoms with Crippen molar-refractivity contribution in [2.75, 3.05) is 18.5 Å². The second-order valence-corrected chi connectivity index (χ2v) is 11.2. The molecule has 1 heterocycles. The van der Waals surface area contributed by atoms with E-state index in [0.717, 1.165) is 34.4 Å². The van der Waals surface area contributed by atoms with E-state index in [1.807, 2.05) is 24.3 Å². The molecular weight excluding hydrogens is 561 g/mol. The van der Waals surface area contributed by atoms with Crippen molar-refractivity contribution in [3.05, 3.63) is 101 Å². The van der Waals surface area contributed by atoms with E-state index >= 15 is 0 Å². The molecule has 3 aromatic rings. The molecule has 4 aliphatic rings. The minimum absolute atomic E-state index is 0.0265. The number of likely N-dealkylation sites (tertiary alicyclic amines) is 1. The number of nitrogens with zero attached hydrogens (tertiary/aromatic N) is 1. The minimum Gasteiger partial charge on any atom is -0.456 e. The van der Waals surface area contributed by atoms with Crippen molar-refractivity contribution in [2.45, 2.75) is 43.7 Å². The number of nitrogens with one attached hydrogen (secondary N) is 1. The predicted octanol–water partition coefficient (Wildman–Crippen LogP) is 5.64. The lowest BCUT2D eigenvalue weighted by Crippen LogP contribution is -2.41. The molecule has 222 valence electrons. The first-order valence-electron chi connectivity index (χ1n) is 14.3. The molecule has 2 atom stereocenters. The number of benzene rings is 3. The number of halogens is 3. The van der Waals surface area contributed by atoms with Crippen molar-refractivity contribution >= 4 is 29.4 Å². The molecule has 3 aromatic carbocycles. The SMILES string of the molecule is O=C(COC(=O)CCCCCN1C(=O)[C@@H]2C3c4ccccc4C(c4ccccc43)[C@H]2C1=O)Nc1cccc(C(F)(F)F)c1. The fourth-order valence-electron chi connectivity index (χ4n) is 6.86. The molecule has 2 bridgehead atoms. The van der Waals surface area contributed by atoms with Gasteiger partial charge in [-0.25, -0.2) is 0 Å². The van der Waals surface area contributed by atoms with E-state index < -0.39 is 42.1 Å². The summed E-state index contributed by atoms with van der Waals surface area (Å²) in [4.78, 5) is 52.8. The van der Waals surface area contributed by atoms with Gasteiger partial charge in [0.15, 0.2) is 6.61 Å². The average molecular weight is 591 g/mol. The van der Waals surface area contributed by atoms with Gasteiger partial charge in [0.2, 0.25) is 11.8 Å². The molecule has 0 aromatic heterocycles. The molecule has 0 spiro atoms. The molecule has 3 aliphatic carbocycles. The Morgan fingerprint density at radius 3 is 1.86 bits per heavy atom. The van der Waals surface area contributed by atoms with Crippen LogP contribution < -0.4 is 5.32 Å². The maximum atomic E-state index is 13.6. The number of ether oxygens (including phenoxy) is 1. The molecule has 43 heavy (non-hydrogen) atoms. The zero-order valence-corrected chi connectivity index (χ0v) is 23.1. The second-order valence-electron chi connectivity index (χ2n) is 11.2. The van der Waals surface area contributed by atoms with E-state index in [1.54, 1.807) is 0 Å². The number of anilines is 1. The topological polar surface area (TPSA) is 92.8 Å². The predicted molar refractivity (Wildman–Crippen MR) is 150 cm³/mol. The van der Waals surface area contributed by atoms with Crippen LogP contribution in [0.25, 0.3) is 0 Å². The normalized spacial score (nSPS) is 21.7. The zero-order chi connectivity index (χ0) is 30.3. The highest BCUT2D eigenvalue weighted by Crippen LogP contribution is 2.60. The van der Waals surface area contributed by atoms with Crippen LogP contribution in [0.3, 0.4) is 0 Å². The maximum absolute atomic E-state index is 13.6. The quantitative estimate of drug-likeness (QED) is 0.198. The second kappa shape index (κ2) is 11.3. The third kappa shape index (κ3) is 5.30. The zero-order valence-electron chi connectivity index (χ0n) is 23.1. The molecular formula is C33H29F3N2O5. The van der Waals surface area contributed by atoms with Crippen LogP contribution in [0.15, 0.2) is 72.8 Å². The van der Waals surface area contributed by atoms with Crippen molar-refractivity contribution in [3.8, 4) is 0 Å². The van der Waals surface area contributed by atoms with Crippen molar-refractivity contribution < 1.29 is 37.1 Å². The van der Waals surface area contributed by atoms with Gasteiger partial charge in [-0.1, -0.05) is 61.0 Å². The van der Waals surface area contributed by atoms with Crippen LogP contribution in [0.5, 0.6) is 0 Å². The van der Waals surface area contributed by atoms with Crippen LogP contribution in [-0.4, -0.2) is 41.7 Å². The van der Waals surface area contributed by atoms with Gasteiger partial charge in [0, 0.05) is 30.5 Å². The van der Waals surface area contributed by atoms with Crippen molar-refractivity contribution in [1.82, 2.24) is 4.90 Å². The number of hydrogen-bond acceptors (Lipinski definition) is 5. The molecule has 1 saturated heterocycles. The summed E-state index contributed by atoms with van der Waals surface area (Å²) < 4.78 is 43.5. The lowest BCUT2D eigenvalue weighted by molar-refractivity contribution is -0.147. The summed E-state index contributed by atoms with van der Waals surface area (Å²) in [5, 5.41) is 2.28. The van der Waals surface area contributed by atoms with Gasteiger partial charge >= 0.3 is 12.1 Å². The lowest BCUT2D eigenvalue weighted by Gasteiger charge is -2.45. The average Bonchev–Trinajstić information content (AvgIpc) is 3.25. The third-order valence-corrected chi connectivity index (χ3v) is 8.64. The lowest BCUT2D eigenvalue weighted by atomic mass is 9.55. The highest BCUT2D eigenvalue weighted by atomic mass is 19.4. The van der Waals surface area contributed by atoms with Gasteiger partial charge in [0.25, 0.3) is 5.91 Å². The molecule has 1 fully saturated rings. The summed E-state index contributed by atoms with van der Waals surface area (Å²) in [6.45, 7) is -0.354. The first-order chi connectivity index (χ1) is 20.6. The van der Waals surface area contributed by atoms with E-state index in [0.29, 0.717) is 19.3 Å². The number of alkyl halides is 3. The molecule has 0 unspecified atom stereocenters. The molecule has 1 aliphatic heterocycles. The number of amides is 3. The smallest absolute Gasteiger partial charge is 0.416 e. The number of imide groups is 1. The molecule has 0 radical (unpaired) electrons. The maximum Gasteiger partial charge on any atom is 0.416 e. The highest BCUT2D eigenvalue weighted by Gasteiger charge is 2.61. The Labute approximate surface area is 246 Å². The van der Waals surface area contributed by atoms with Gasteiger partial charge in [0.1, 0.15) is 0 Å². The summed E-state index contributed by atoms with van der Waals surface area (Å²) >= 11 is 0. The largest absolute Gasteiger partial charge is 0.456 e. The molecule has 7 rings (SSSR count). The molecule has 0 saturated carbocycles. The molecule has 7 nitrogen and oxygen atoms in total. The van der Waals surface area contributed by atoms with Crippen LogP contribution in [-0.2, 0) is 30.1 Å². The van der Waals surface area contributed by atoms with Gasteiger partial charge < -0.3 is 10.1 Å². The summed E-state index contributed by atoms with van der Waals surface area (Å²) in [5.74, 6) is -2.78. The number of hydrogen-bond donors (Lipinski definition) is 1. The van der Waals surface area contributed by atoms with Gasteiger partial charge in [-0.3, -0.25) is 24.1 Å². The van der Waals surface area contributed by atoms with Gasteiger partial charge in [-0.05, 0) is 53.3 Å². The number of carbonyl (C=O) groups excluding carboxylic acids is 4. The van der Waals surface area contributed by atoms with Crippen molar-refractivity contribution in [3.63, 3.8) is 0 Å². The Hall–Kier alpha value is -4.47. The van der Waals surface area contributed by atoms with Crippen LogP contribution in [0.1, 0.15) is 65.3 Å². The van der Waals surface area contributed by atoms with Crippen LogP contribution in [0, 0.1) is 11.8 Å². The minimum atomic E-state index is -4.54. The fraction of sp³-hybridized carbons (Fsp3) is 0.333. The summed E-state index contributed by atoms with van der Waals surface area (Å²) in [6, 6.07) is 20.3. The Balaban J connectivity index is 0.979. The Bertz CT molecular complexity index is 1490. The first-order valence-corrected chi connectivity index (χ1v) is 14.3. The third-order valence-electron chi connectivity index (χ3n) is 8.64. The standard InChI is InChI=1S/C33H29F3N2O5/c34-33(35,36)19-9-8-10-20(17-19)37-25(39)18-43-26(40)15-2-1-7-16-38-31(41)29-27-21-11-3-4-12-22(21)28(30(29)32(38)42)24-14-6-5-13-23(24)27/h3-6,8-14,17,27-30H,1-2,7,15-16,18H2,(H,37,39)/t27?,28?,29-,30-/m1/s1. The Kier molecular flexibility index (Phi) is 7.54. The van der Waals surface area contributed by atoms with Gasteiger partial charge in [-0.2, -0.15) is 13.2 Å². The first kappa shape index (κ1) is 28.6. The number of carbonyl (C=O) groups is 4. The van der Waals surface area contributed by atoms with Crippen LogP contribution >= 0.6 is 0 Å². The van der Waals surface area contributed by atoms with Gasteiger partial charge in [-0.15, -0.1) is 0 Å². The van der Waals surface area contributed by atoms with Gasteiger partial charge in [0.05, 0.1) is 17.4 Å². The Morgan fingerprint density at radius 2 is 1.33 bits per heavy atom. The van der Waals surface area contributed by atoms with E-state index in [4.69, 9.17) is 4.74 Å². The Morgan fingerprint density at radius 1 is 0.767 bits per heavy atom.